The number of hydrogen-bond donors (Lipinski definition) is 1. The van der Waals surface area contributed by atoms with E-state index in [1.54, 1.807) is 0 Å². The molecule has 0 aromatic heterocycles. The van der Waals surface area contributed by atoms with Gasteiger partial charge < -0.3 is 15.4 Å². The van der Waals surface area contributed by atoms with Gasteiger partial charge in [0, 0.05) is 12.6 Å². The van der Waals surface area contributed by atoms with Crippen LogP contribution < -0.4 is 10.5 Å². The molecule has 1 aliphatic heterocycles. The van der Waals surface area contributed by atoms with Crippen molar-refractivity contribution in [1.29, 1.82) is 0 Å². The number of piperidine rings is 1. The van der Waals surface area contributed by atoms with Gasteiger partial charge in [0.1, 0.15) is 12.4 Å². The quantitative estimate of drug-likeness (QED) is 0.929. The van der Waals surface area contributed by atoms with Crippen molar-refractivity contribution >= 4 is 0 Å². The largest absolute Gasteiger partial charge is 0.492 e. The highest BCUT2D eigenvalue weighted by Crippen LogP contribution is 2.33. The predicted octanol–water partition coefficient (Wildman–Crippen LogP) is 3.03. The summed E-state index contributed by atoms with van der Waals surface area (Å²) < 4.78 is 44.0. The molecular weight excluding hydrogens is 281 g/mol. The van der Waals surface area contributed by atoms with Crippen molar-refractivity contribution in [3.05, 3.63) is 29.3 Å². The van der Waals surface area contributed by atoms with Crippen LogP contribution in [-0.2, 0) is 12.7 Å². The maximum Gasteiger partial charge on any atom is 0.416 e. The first kappa shape index (κ1) is 16.1. The lowest BCUT2D eigenvalue weighted by atomic mass is 10.0. The zero-order chi connectivity index (χ0) is 15.5. The van der Waals surface area contributed by atoms with E-state index >= 15 is 0 Å². The molecule has 2 rings (SSSR count). The fourth-order valence-electron chi connectivity index (χ4n) is 2.65. The van der Waals surface area contributed by atoms with E-state index in [1.807, 2.05) is 7.05 Å². The minimum Gasteiger partial charge on any atom is -0.492 e. The fraction of sp³-hybridized carbons (Fsp3) is 0.600. The van der Waals surface area contributed by atoms with Gasteiger partial charge in [0.25, 0.3) is 0 Å². The second-order valence-electron chi connectivity index (χ2n) is 5.46. The molecule has 0 radical (unpaired) electrons. The molecular formula is C15H21F3N2O. The fourth-order valence-corrected chi connectivity index (χ4v) is 2.65. The molecule has 2 N–H and O–H groups in total. The van der Waals surface area contributed by atoms with Crippen molar-refractivity contribution in [2.45, 2.75) is 38.0 Å². The molecule has 1 aliphatic rings. The molecule has 1 aromatic rings. The van der Waals surface area contributed by atoms with E-state index in [4.69, 9.17) is 10.5 Å². The topological polar surface area (TPSA) is 38.5 Å². The third-order valence-electron chi connectivity index (χ3n) is 3.97. The van der Waals surface area contributed by atoms with Crippen LogP contribution in [0.25, 0.3) is 0 Å². The number of rotatable bonds is 4. The summed E-state index contributed by atoms with van der Waals surface area (Å²) in [6.45, 7) is 1.37. The minimum absolute atomic E-state index is 0.0667. The number of ether oxygens (including phenoxy) is 1. The first-order chi connectivity index (χ1) is 9.91. The third-order valence-corrected chi connectivity index (χ3v) is 3.97. The SMILES string of the molecule is CN1CCCCC1COc1ccc(C(F)(F)F)c(CN)c1. The summed E-state index contributed by atoms with van der Waals surface area (Å²) in [5.41, 5.74) is 4.79. The highest BCUT2D eigenvalue weighted by atomic mass is 19.4. The highest BCUT2D eigenvalue weighted by Gasteiger charge is 2.33. The number of alkyl halides is 3. The normalized spacial score (nSPS) is 20.5. The van der Waals surface area contributed by atoms with Gasteiger partial charge in [-0.05, 0) is 50.2 Å². The van der Waals surface area contributed by atoms with Crippen molar-refractivity contribution in [3.8, 4) is 5.75 Å². The number of nitrogens with two attached hydrogens (primary N) is 1. The second kappa shape index (κ2) is 6.66. The molecule has 6 heteroatoms. The van der Waals surface area contributed by atoms with E-state index in [0.717, 1.165) is 19.0 Å². The zero-order valence-corrected chi connectivity index (χ0v) is 12.1. The monoisotopic (exact) mass is 302 g/mol. The summed E-state index contributed by atoms with van der Waals surface area (Å²) in [4.78, 5) is 2.23. The van der Waals surface area contributed by atoms with E-state index in [1.165, 1.54) is 25.0 Å². The summed E-state index contributed by atoms with van der Waals surface area (Å²) in [5.74, 6) is 0.447. The van der Waals surface area contributed by atoms with E-state index in [9.17, 15) is 13.2 Å². The molecule has 118 valence electrons. The van der Waals surface area contributed by atoms with Crippen LogP contribution in [0.3, 0.4) is 0 Å². The van der Waals surface area contributed by atoms with Crippen LogP contribution in [0.2, 0.25) is 0 Å². The van der Waals surface area contributed by atoms with Gasteiger partial charge in [-0.1, -0.05) is 6.42 Å². The Morgan fingerprint density at radius 3 is 2.71 bits per heavy atom. The van der Waals surface area contributed by atoms with Crippen LogP contribution in [0, 0.1) is 0 Å². The summed E-state index contributed by atoms with van der Waals surface area (Å²) in [6.07, 6.45) is -0.971. The number of hydrogen-bond acceptors (Lipinski definition) is 3. The molecule has 1 aromatic carbocycles. The molecule has 21 heavy (non-hydrogen) atoms. The molecule has 3 nitrogen and oxygen atoms in total. The first-order valence-corrected chi connectivity index (χ1v) is 7.15. The molecule has 1 atom stereocenters. The second-order valence-corrected chi connectivity index (χ2v) is 5.46. The molecule has 1 fully saturated rings. The molecule has 0 amide bonds. The van der Waals surface area contributed by atoms with Crippen LogP contribution in [0.5, 0.6) is 5.75 Å². The van der Waals surface area contributed by atoms with Gasteiger partial charge in [-0.3, -0.25) is 0 Å². The maximum atomic E-state index is 12.8. The minimum atomic E-state index is -4.38. The van der Waals surface area contributed by atoms with E-state index < -0.39 is 11.7 Å². The van der Waals surface area contributed by atoms with Gasteiger partial charge in [0.05, 0.1) is 5.56 Å². The van der Waals surface area contributed by atoms with Crippen LogP contribution in [0.1, 0.15) is 30.4 Å². The molecule has 0 spiro atoms. The van der Waals surface area contributed by atoms with Gasteiger partial charge in [-0.15, -0.1) is 0 Å². The van der Waals surface area contributed by atoms with E-state index in [0.29, 0.717) is 18.4 Å². The summed E-state index contributed by atoms with van der Waals surface area (Å²) >= 11 is 0. The Labute approximate surface area is 122 Å². The van der Waals surface area contributed by atoms with Gasteiger partial charge >= 0.3 is 6.18 Å². The van der Waals surface area contributed by atoms with Crippen molar-refractivity contribution in [3.63, 3.8) is 0 Å². The average molecular weight is 302 g/mol. The summed E-state index contributed by atoms with van der Waals surface area (Å²) in [6, 6.07) is 4.13. The number of benzene rings is 1. The predicted molar refractivity (Wildman–Crippen MR) is 75.1 cm³/mol. The third kappa shape index (κ3) is 4.11. The Balaban J connectivity index is 2.04. The zero-order valence-electron chi connectivity index (χ0n) is 12.1. The lowest BCUT2D eigenvalue weighted by Crippen LogP contribution is -2.40. The Kier molecular flexibility index (Phi) is 5.11. The average Bonchev–Trinajstić information content (AvgIpc) is 2.45. The summed E-state index contributed by atoms with van der Waals surface area (Å²) in [7, 11) is 2.05. The van der Waals surface area contributed by atoms with Gasteiger partial charge in [0.2, 0.25) is 0 Å². The van der Waals surface area contributed by atoms with E-state index in [-0.39, 0.29) is 12.1 Å². The van der Waals surface area contributed by atoms with Crippen LogP contribution in [0.4, 0.5) is 13.2 Å². The van der Waals surface area contributed by atoms with Crippen LogP contribution in [-0.4, -0.2) is 31.1 Å². The molecule has 1 saturated heterocycles. The Bertz CT molecular complexity index is 476. The number of likely N-dealkylation sites (tertiary alicyclic amines) is 1. The Morgan fingerprint density at radius 1 is 1.33 bits per heavy atom. The van der Waals surface area contributed by atoms with Crippen molar-refractivity contribution in [2.24, 2.45) is 5.73 Å². The number of nitrogens with zero attached hydrogens (tertiary/aromatic N) is 1. The molecule has 0 bridgehead atoms. The standard InChI is InChI=1S/C15H21F3N2O/c1-20-7-3-2-4-12(20)10-21-13-5-6-14(15(16,17)18)11(8-13)9-19/h5-6,8,12H,2-4,7,9-10,19H2,1H3. The number of likely N-dealkylation sites (N-methyl/N-ethyl adjacent to an activating group) is 1. The summed E-state index contributed by atoms with van der Waals surface area (Å²) in [5, 5.41) is 0. The first-order valence-electron chi connectivity index (χ1n) is 7.15. The van der Waals surface area contributed by atoms with Gasteiger partial charge in [0.15, 0.2) is 0 Å². The lowest BCUT2D eigenvalue weighted by molar-refractivity contribution is -0.138. The smallest absolute Gasteiger partial charge is 0.416 e. The van der Waals surface area contributed by atoms with Gasteiger partial charge in [-0.25, -0.2) is 0 Å². The molecule has 1 heterocycles. The van der Waals surface area contributed by atoms with Crippen LogP contribution in [0.15, 0.2) is 18.2 Å². The van der Waals surface area contributed by atoms with E-state index in [2.05, 4.69) is 4.90 Å². The molecule has 1 unspecified atom stereocenters. The van der Waals surface area contributed by atoms with Crippen molar-refractivity contribution in [1.82, 2.24) is 4.90 Å². The maximum absolute atomic E-state index is 12.8. The van der Waals surface area contributed by atoms with Crippen molar-refractivity contribution in [2.75, 3.05) is 20.2 Å². The van der Waals surface area contributed by atoms with Crippen LogP contribution >= 0.6 is 0 Å². The lowest BCUT2D eigenvalue weighted by Gasteiger charge is -2.32. The number of halogens is 3. The van der Waals surface area contributed by atoms with Gasteiger partial charge in [-0.2, -0.15) is 13.2 Å². The Morgan fingerprint density at radius 2 is 2.10 bits per heavy atom. The molecule has 0 saturated carbocycles. The molecule has 0 aliphatic carbocycles. The highest BCUT2D eigenvalue weighted by molar-refractivity contribution is 5.37. The van der Waals surface area contributed by atoms with Crippen molar-refractivity contribution < 1.29 is 17.9 Å². The Hall–Kier alpha value is -1.27.